The zero-order valence-corrected chi connectivity index (χ0v) is 20.4. The van der Waals surface area contributed by atoms with Crippen molar-refractivity contribution in [3.05, 3.63) is 23.9 Å². The van der Waals surface area contributed by atoms with Gasteiger partial charge in [-0.2, -0.15) is 0 Å². The smallest absolute Gasteiger partial charge is 0.227 e. The molecule has 0 aliphatic heterocycles. The molecule has 178 valence electrons. The van der Waals surface area contributed by atoms with Gasteiger partial charge in [0.15, 0.2) is 0 Å². The van der Waals surface area contributed by atoms with Crippen LogP contribution in [0.4, 0.5) is 0 Å². The van der Waals surface area contributed by atoms with Crippen LogP contribution in [0.1, 0.15) is 135 Å². The zero-order chi connectivity index (χ0) is 22.4. The van der Waals surface area contributed by atoms with Crippen LogP contribution >= 0.6 is 0 Å². The first-order valence-electron chi connectivity index (χ1n) is 13.5. The maximum absolute atomic E-state index is 11.3. The number of ketones is 2. The summed E-state index contributed by atoms with van der Waals surface area (Å²) in [7, 11) is 0. The van der Waals surface area contributed by atoms with Gasteiger partial charge in [-0.05, 0) is 18.6 Å². The molecule has 31 heavy (non-hydrogen) atoms. The second-order valence-corrected chi connectivity index (χ2v) is 9.31. The van der Waals surface area contributed by atoms with E-state index in [9.17, 15) is 9.59 Å². The van der Waals surface area contributed by atoms with Crippen molar-refractivity contribution in [1.82, 2.24) is 5.32 Å². The summed E-state index contributed by atoms with van der Waals surface area (Å²) in [5.41, 5.74) is 0.766. The maximum atomic E-state index is 11.3. The molecule has 0 bridgehead atoms. The molecule has 0 radical (unpaired) electrons. The van der Waals surface area contributed by atoms with Gasteiger partial charge in [0.05, 0.1) is 0 Å². The Bertz CT molecular complexity index is 521. The Morgan fingerprint density at radius 1 is 0.516 bits per heavy atom. The molecule has 0 heterocycles. The fraction of sp³-hybridized carbons (Fsp3) is 0.786. The van der Waals surface area contributed by atoms with E-state index in [0.717, 1.165) is 18.7 Å². The Balaban J connectivity index is 1.71. The quantitative estimate of drug-likeness (QED) is 0.107. The molecule has 0 unspecified atom stereocenters. The molecule has 0 amide bonds. The lowest BCUT2D eigenvalue weighted by Crippen LogP contribution is -2.20. The summed E-state index contributed by atoms with van der Waals surface area (Å²) in [6.07, 6.45) is 32.3. The molecule has 1 aliphatic carbocycles. The summed E-state index contributed by atoms with van der Waals surface area (Å²) >= 11 is 0. The van der Waals surface area contributed by atoms with Gasteiger partial charge >= 0.3 is 0 Å². The summed E-state index contributed by atoms with van der Waals surface area (Å²) < 4.78 is 0. The third kappa shape index (κ3) is 16.9. The molecule has 3 heteroatoms. The van der Waals surface area contributed by atoms with Crippen molar-refractivity contribution in [2.45, 2.75) is 135 Å². The second-order valence-electron chi connectivity index (χ2n) is 9.31. The van der Waals surface area contributed by atoms with Gasteiger partial charge in [0, 0.05) is 18.3 Å². The van der Waals surface area contributed by atoms with Gasteiger partial charge in [-0.3, -0.25) is 9.59 Å². The molecule has 0 spiro atoms. The average Bonchev–Trinajstić information content (AvgIpc) is 2.77. The van der Waals surface area contributed by atoms with E-state index in [4.69, 9.17) is 0 Å². The Kier molecular flexibility index (Phi) is 18.3. The number of nitrogens with one attached hydrogen (secondary N) is 1. The normalized spacial score (nSPS) is 13.6. The number of carbonyl (C=O) groups excluding carboxylic acids is 2. The number of allylic oxidation sites excluding steroid dienone is 3. The SMILES string of the molecule is CCCCCCCCCCCCCCCCCCCCCCNC1=CC(=O)C(=O)C=C1. The molecule has 1 aliphatic rings. The van der Waals surface area contributed by atoms with E-state index in [0.29, 0.717) is 0 Å². The van der Waals surface area contributed by atoms with E-state index in [2.05, 4.69) is 12.2 Å². The lowest BCUT2D eigenvalue weighted by Gasteiger charge is -2.09. The average molecular weight is 432 g/mol. The number of hydrogen-bond acceptors (Lipinski definition) is 3. The molecule has 0 aromatic heterocycles. The third-order valence-electron chi connectivity index (χ3n) is 6.30. The first kappa shape index (κ1) is 27.7. The monoisotopic (exact) mass is 431 g/mol. The first-order valence-corrected chi connectivity index (χ1v) is 13.5. The molecule has 0 saturated heterocycles. The van der Waals surface area contributed by atoms with Gasteiger partial charge in [-0.15, -0.1) is 0 Å². The summed E-state index contributed by atoms with van der Waals surface area (Å²) in [6, 6.07) is 0. The van der Waals surface area contributed by atoms with Crippen LogP contribution in [-0.4, -0.2) is 18.1 Å². The number of carbonyl (C=O) groups is 2. The highest BCUT2D eigenvalue weighted by molar-refractivity contribution is 6.46. The van der Waals surface area contributed by atoms with Gasteiger partial charge in [0.2, 0.25) is 11.6 Å². The van der Waals surface area contributed by atoms with Crippen molar-refractivity contribution in [1.29, 1.82) is 0 Å². The van der Waals surface area contributed by atoms with Crippen LogP contribution in [0.25, 0.3) is 0 Å². The Morgan fingerprint density at radius 2 is 0.903 bits per heavy atom. The van der Waals surface area contributed by atoms with Crippen molar-refractivity contribution in [2.75, 3.05) is 6.54 Å². The van der Waals surface area contributed by atoms with E-state index in [1.165, 1.54) is 134 Å². The number of hydrogen-bond donors (Lipinski definition) is 1. The molecular weight excluding hydrogens is 382 g/mol. The molecule has 0 aromatic carbocycles. The van der Waals surface area contributed by atoms with Crippen LogP contribution in [-0.2, 0) is 9.59 Å². The molecule has 3 nitrogen and oxygen atoms in total. The highest BCUT2D eigenvalue weighted by atomic mass is 16.2. The Hall–Kier alpha value is -1.38. The lowest BCUT2D eigenvalue weighted by molar-refractivity contribution is -0.131. The summed E-state index contributed by atoms with van der Waals surface area (Å²) in [6.45, 7) is 3.16. The standard InChI is InChI=1S/C28H49NO2/c1-2-3-4-5-6-7-8-9-10-11-12-13-14-15-16-17-18-19-20-21-24-29-26-22-23-27(30)28(31)25-26/h22-23,25,29H,2-21,24H2,1H3. The lowest BCUT2D eigenvalue weighted by atomic mass is 10.0. The molecule has 0 atom stereocenters. The first-order chi connectivity index (χ1) is 15.2. The third-order valence-corrected chi connectivity index (χ3v) is 6.30. The van der Waals surface area contributed by atoms with Crippen molar-refractivity contribution in [3.8, 4) is 0 Å². The molecule has 0 saturated carbocycles. The Morgan fingerprint density at radius 3 is 1.29 bits per heavy atom. The maximum Gasteiger partial charge on any atom is 0.227 e. The Labute approximate surface area is 192 Å². The largest absolute Gasteiger partial charge is 0.385 e. The van der Waals surface area contributed by atoms with Crippen molar-refractivity contribution >= 4 is 11.6 Å². The van der Waals surface area contributed by atoms with E-state index < -0.39 is 11.6 Å². The minimum absolute atomic E-state index is 0.423. The van der Waals surface area contributed by atoms with Crippen molar-refractivity contribution in [2.24, 2.45) is 0 Å². The minimum Gasteiger partial charge on any atom is -0.385 e. The predicted molar refractivity (Wildman–Crippen MR) is 133 cm³/mol. The van der Waals surface area contributed by atoms with Crippen LogP contribution in [0.3, 0.4) is 0 Å². The van der Waals surface area contributed by atoms with Crippen molar-refractivity contribution < 1.29 is 9.59 Å². The highest BCUT2D eigenvalue weighted by Gasteiger charge is 2.12. The molecule has 1 rings (SSSR count). The zero-order valence-electron chi connectivity index (χ0n) is 20.4. The van der Waals surface area contributed by atoms with E-state index in [1.54, 1.807) is 6.08 Å². The fourth-order valence-electron chi connectivity index (χ4n) is 4.23. The molecule has 0 aromatic rings. The van der Waals surface area contributed by atoms with Crippen LogP contribution in [0.15, 0.2) is 23.9 Å². The summed E-state index contributed by atoms with van der Waals surface area (Å²) in [5, 5.41) is 3.23. The number of rotatable bonds is 22. The van der Waals surface area contributed by atoms with Crippen LogP contribution in [0, 0.1) is 0 Å². The van der Waals surface area contributed by atoms with Gasteiger partial charge in [-0.25, -0.2) is 0 Å². The molecule has 1 N–H and O–H groups in total. The molecular formula is C28H49NO2. The molecule has 0 fully saturated rings. The van der Waals surface area contributed by atoms with Crippen LogP contribution < -0.4 is 5.32 Å². The van der Waals surface area contributed by atoms with Gasteiger partial charge in [0.25, 0.3) is 0 Å². The van der Waals surface area contributed by atoms with Gasteiger partial charge < -0.3 is 5.32 Å². The van der Waals surface area contributed by atoms with E-state index in [-0.39, 0.29) is 0 Å². The number of unbranched alkanes of at least 4 members (excludes halogenated alkanes) is 19. The minimum atomic E-state index is -0.427. The van der Waals surface area contributed by atoms with Crippen molar-refractivity contribution in [3.63, 3.8) is 0 Å². The van der Waals surface area contributed by atoms with Gasteiger partial charge in [0.1, 0.15) is 0 Å². The van der Waals surface area contributed by atoms with Crippen LogP contribution in [0.2, 0.25) is 0 Å². The second kappa shape index (κ2) is 20.5. The summed E-state index contributed by atoms with van der Waals surface area (Å²) in [4.78, 5) is 22.4. The van der Waals surface area contributed by atoms with E-state index >= 15 is 0 Å². The topological polar surface area (TPSA) is 46.2 Å². The fourth-order valence-corrected chi connectivity index (χ4v) is 4.23. The van der Waals surface area contributed by atoms with Gasteiger partial charge in [-0.1, -0.05) is 129 Å². The predicted octanol–water partition coefficient (Wildman–Crippen LogP) is 7.99. The van der Waals surface area contributed by atoms with E-state index in [1.807, 2.05) is 0 Å². The highest BCUT2D eigenvalue weighted by Crippen LogP contribution is 2.14. The summed E-state index contributed by atoms with van der Waals surface area (Å²) in [5.74, 6) is -0.849. The van der Waals surface area contributed by atoms with Crippen LogP contribution in [0.5, 0.6) is 0 Å².